The molecule has 164 valence electrons. The van der Waals surface area contributed by atoms with E-state index in [1.807, 2.05) is 51.2 Å². The number of hydrogen-bond donors (Lipinski definition) is 1. The molecule has 0 fully saturated rings. The van der Waals surface area contributed by atoms with Crippen molar-refractivity contribution in [2.75, 3.05) is 6.61 Å². The normalized spacial score (nSPS) is 12.0. The highest BCUT2D eigenvalue weighted by molar-refractivity contribution is 5.66. The Morgan fingerprint density at radius 3 is 2.65 bits per heavy atom. The van der Waals surface area contributed by atoms with Gasteiger partial charge in [0.05, 0.1) is 13.2 Å². The van der Waals surface area contributed by atoms with Crippen LogP contribution in [0.1, 0.15) is 43.0 Å². The number of aliphatic carboxylic acids is 1. The molecule has 0 radical (unpaired) electrons. The molecule has 0 aliphatic rings. The summed E-state index contributed by atoms with van der Waals surface area (Å²) >= 11 is 0. The van der Waals surface area contributed by atoms with Gasteiger partial charge in [0.2, 0.25) is 0 Å². The Morgan fingerprint density at radius 1 is 1.19 bits per heavy atom. The number of halogens is 1. The van der Waals surface area contributed by atoms with Crippen molar-refractivity contribution in [2.45, 2.75) is 46.6 Å². The highest BCUT2D eigenvalue weighted by atomic mass is 19.1. The van der Waals surface area contributed by atoms with Crippen LogP contribution >= 0.6 is 0 Å². The minimum atomic E-state index is -0.783. The van der Waals surface area contributed by atoms with Gasteiger partial charge in [0, 0.05) is 29.4 Å². The molecule has 1 N–H and O–H groups in total. The van der Waals surface area contributed by atoms with Gasteiger partial charge in [-0.15, -0.1) is 0 Å². The van der Waals surface area contributed by atoms with E-state index in [4.69, 9.17) is 9.84 Å². The zero-order valence-electron chi connectivity index (χ0n) is 18.3. The Morgan fingerprint density at radius 2 is 1.94 bits per heavy atom. The maximum Gasteiger partial charge on any atom is 0.303 e. The first-order chi connectivity index (χ1) is 14.8. The second-order valence-electron chi connectivity index (χ2n) is 8.12. The van der Waals surface area contributed by atoms with Gasteiger partial charge in [-0.25, -0.2) is 9.37 Å². The summed E-state index contributed by atoms with van der Waals surface area (Å²) in [6.45, 7) is 6.84. The summed E-state index contributed by atoms with van der Waals surface area (Å²) in [5, 5.41) is 8.87. The number of carboxylic acids is 1. The second-order valence-corrected chi connectivity index (χ2v) is 8.12. The summed E-state index contributed by atoms with van der Waals surface area (Å²) in [6.07, 6.45) is 3.48. The number of aromatic nitrogens is 2. The molecule has 0 spiro atoms. The number of carboxylic acid groups (broad SMARTS) is 1. The summed E-state index contributed by atoms with van der Waals surface area (Å²) in [5.74, 6) is 0.464. The Bertz CT molecular complexity index is 1030. The molecule has 0 unspecified atom stereocenters. The molecule has 1 atom stereocenters. The Labute approximate surface area is 182 Å². The number of hydrogen-bond acceptors (Lipinski definition) is 3. The zero-order chi connectivity index (χ0) is 22.4. The molecule has 5 nitrogen and oxygen atoms in total. The summed E-state index contributed by atoms with van der Waals surface area (Å²) in [6, 6.07) is 12.7. The monoisotopic (exact) mass is 424 g/mol. The van der Waals surface area contributed by atoms with Gasteiger partial charge in [-0.3, -0.25) is 4.79 Å². The lowest BCUT2D eigenvalue weighted by molar-refractivity contribution is -0.138. The average molecular weight is 425 g/mol. The van der Waals surface area contributed by atoms with Gasteiger partial charge < -0.3 is 14.4 Å². The highest BCUT2D eigenvalue weighted by Crippen LogP contribution is 2.26. The lowest BCUT2D eigenvalue weighted by Gasteiger charge is -2.16. The number of benzene rings is 2. The van der Waals surface area contributed by atoms with Crippen LogP contribution in [0, 0.1) is 25.6 Å². The number of aryl methyl sites for hydroxylation is 2. The lowest BCUT2D eigenvalue weighted by atomic mass is 10.0. The Kier molecular flexibility index (Phi) is 7.45. The fraction of sp³-hybridized carbons (Fsp3) is 0.360. The fourth-order valence-electron chi connectivity index (χ4n) is 3.59. The molecular weight excluding hydrogens is 395 g/mol. The third-order valence-electron chi connectivity index (χ3n) is 5.34. The van der Waals surface area contributed by atoms with Crippen LogP contribution in [0.25, 0.3) is 11.4 Å². The first kappa shape index (κ1) is 22.5. The van der Waals surface area contributed by atoms with Gasteiger partial charge >= 0.3 is 5.97 Å². The van der Waals surface area contributed by atoms with E-state index in [2.05, 4.69) is 9.55 Å². The predicted octanol–water partition coefficient (Wildman–Crippen LogP) is 5.62. The van der Waals surface area contributed by atoms with Crippen LogP contribution in [-0.4, -0.2) is 27.2 Å². The molecule has 3 rings (SSSR count). The molecule has 3 aromatic rings. The van der Waals surface area contributed by atoms with E-state index >= 15 is 0 Å². The van der Waals surface area contributed by atoms with Gasteiger partial charge in [-0.2, -0.15) is 0 Å². The van der Waals surface area contributed by atoms with Crippen LogP contribution < -0.4 is 4.74 Å². The summed E-state index contributed by atoms with van der Waals surface area (Å²) in [4.78, 5) is 15.4. The Balaban J connectivity index is 1.74. The van der Waals surface area contributed by atoms with Gasteiger partial charge in [-0.1, -0.05) is 36.8 Å². The van der Waals surface area contributed by atoms with E-state index < -0.39 is 5.97 Å². The highest BCUT2D eigenvalue weighted by Gasteiger charge is 2.14. The molecule has 0 bridgehead atoms. The second kappa shape index (κ2) is 10.2. The molecule has 1 heterocycles. The van der Waals surface area contributed by atoms with E-state index in [1.165, 1.54) is 17.7 Å². The molecule has 1 aromatic heterocycles. The van der Waals surface area contributed by atoms with Crippen molar-refractivity contribution in [1.29, 1.82) is 0 Å². The largest absolute Gasteiger partial charge is 0.493 e. The van der Waals surface area contributed by atoms with Gasteiger partial charge in [0.1, 0.15) is 17.4 Å². The van der Waals surface area contributed by atoms with Gasteiger partial charge in [0.15, 0.2) is 0 Å². The molecule has 0 saturated heterocycles. The van der Waals surface area contributed by atoms with Crippen LogP contribution in [0.4, 0.5) is 4.39 Å². The van der Waals surface area contributed by atoms with Crippen LogP contribution in [-0.2, 0) is 11.3 Å². The molecule has 6 heteroatoms. The maximum atomic E-state index is 14.0. The number of ether oxygens (including phenoxy) is 1. The minimum absolute atomic E-state index is 0.0967. The van der Waals surface area contributed by atoms with Crippen LogP contribution in [0.2, 0.25) is 0 Å². The molecule has 0 aliphatic heterocycles. The standard InChI is InChI=1S/C25H29FN2O3/c1-17-6-8-20(9-7-17)25-27-15-19(3)28(25)16-21-14-22(26)10-11-23(21)31-12-4-5-18(2)13-24(29)30/h6-11,14-15,18H,4-5,12-13,16H2,1-3H3,(H,29,30)/t18-/m1/s1. The zero-order valence-corrected chi connectivity index (χ0v) is 18.3. The van der Waals surface area contributed by atoms with Crippen molar-refractivity contribution < 1.29 is 19.0 Å². The average Bonchev–Trinajstić information content (AvgIpc) is 3.07. The van der Waals surface area contributed by atoms with Crippen molar-refractivity contribution in [3.8, 4) is 17.1 Å². The van der Waals surface area contributed by atoms with Crippen LogP contribution in [0.5, 0.6) is 5.75 Å². The van der Waals surface area contributed by atoms with Crippen molar-refractivity contribution >= 4 is 5.97 Å². The van der Waals surface area contributed by atoms with Gasteiger partial charge in [-0.05, 0) is 50.8 Å². The predicted molar refractivity (Wildman–Crippen MR) is 119 cm³/mol. The summed E-state index contributed by atoms with van der Waals surface area (Å²) in [7, 11) is 0. The quantitative estimate of drug-likeness (QED) is 0.429. The number of imidazole rings is 1. The van der Waals surface area contributed by atoms with Crippen LogP contribution in [0.3, 0.4) is 0 Å². The fourth-order valence-corrected chi connectivity index (χ4v) is 3.59. The number of rotatable bonds is 10. The minimum Gasteiger partial charge on any atom is -0.493 e. The first-order valence-corrected chi connectivity index (χ1v) is 10.6. The molecule has 0 saturated carbocycles. The smallest absolute Gasteiger partial charge is 0.303 e. The van der Waals surface area contributed by atoms with E-state index in [-0.39, 0.29) is 18.2 Å². The maximum absolute atomic E-state index is 14.0. The molecular formula is C25H29FN2O3. The van der Waals surface area contributed by atoms with Gasteiger partial charge in [0.25, 0.3) is 0 Å². The van der Waals surface area contributed by atoms with E-state index in [0.717, 1.165) is 35.5 Å². The molecule has 31 heavy (non-hydrogen) atoms. The van der Waals surface area contributed by atoms with Crippen LogP contribution in [0.15, 0.2) is 48.7 Å². The Hall–Kier alpha value is -3.15. The summed E-state index contributed by atoms with van der Waals surface area (Å²) in [5.41, 5.74) is 3.91. The molecule has 2 aromatic carbocycles. The van der Waals surface area contributed by atoms with E-state index in [1.54, 1.807) is 6.07 Å². The topological polar surface area (TPSA) is 64.4 Å². The SMILES string of the molecule is Cc1ccc(-c2ncc(C)n2Cc2cc(F)ccc2OCCC[C@@H](C)CC(=O)O)cc1. The number of nitrogens with zero attached hydrogens (tertiary/aromatic N) is 2. The van der Waals surface area contributed by atoms with E-state index in [9.17, 15) is 9.18 Å². The molecule has 0 aliphatic carbocycles. The van der Waals surface area contributed by atoms with Crippen molar-refractivity contribution in [1.82, 2.24) is 9.55 Å². The summed E-state index contributed by atoms with van der Waals surface area (Å²) < 4.78 is 22.0. The third kappa shape index (κ3) is 6.17. The molecule has 0 amide bonds. The van der Waals surface area contributed by atoms with Crippen molar-refractivity contribution in [3.05, 3.63) is 71.3 Å². The lowest BCUT2D eigenvalue weighted by Crippen LogP contribution is -2.09. The first-order valence-electron chi connectivity index (χ1n) is 10.6. The van der Waals surface area contributed by atoms with Crippen molar-refractivity contribution in [2.24, 2.45) is 5.92 Å². The third-order valence-corrected chi connectivity index (χ3v) is 5.34. The van der Waals surface area contributed by atoms with E-state index in [0.29, 0.717) is 18.9 Å². The number of carbonyl (C=O) groups is 1. The van der Waals surface area contributed by atoms with Crippen molar-refractivity contribution in [3.63, 3.8) is 0 Å².